The van der Waals surface area contributed by atoms with Crippen molar-refractivity contribution in [2.75, 3.05) is 40.9 Å². The summed E-state index contributed by atoms with van der Waals surface area (Å²) in [6.07, 6.45) is 44.2. The molecule has 0 saturated heterocycles. The molecule has 0 heterocycles. The number of aliphatic hydroxyl groups excluding tert-OH is 1. The molecule has 0 bridgehead atoms. The van der Waals surface area contributed by atoms with Crippen molar-refractivity contribution >= 4 is 13.7 Å². The molecule has 0 aliphatic heterocycles. The van der Waals surface area contributed by atoms with Crippen LogP contribution in [-0.4, -0.2) is 73.4 Å². The Labute approximate surface area is 334 Å². The highest BCUT2D eigenvalue weighted by Crippen LogP contribution is 2.43. The first-order valence-corrected chi connectivity index (χ1v) is 24.2. The van der Waals surface area contributed by atoms with Crippen LogP contribution < -0.4 is 5.32 Å². The van der Waals surface area contributed by atoms with E-state index in [-0.39, 0.29) is 19.1 Å². The smallest absolute Gasteiger partial charge is 0.387 e. The van der Waals surface area contributed by atoms with Gasteiger partial charge in [0.2, 0.25) is 5.91 Å². The zero-order valence-corrected chi connectivity index (χ0v) is 37.1. The van der Waals surface area contributed by atoms with Gasteiger partial charge in [-0.1, -0.05) is 205 Å². The highest BCUT2D eigenvalue weighted by molar-refractivity contribution is 7.47. The number of unbranched alkanes of at least 4 members (excludes halogenated alkanes) is 27. The van der Waals surface area contributed by atoms with Crippen LogP contribution in [0.25, 0.3) is 0 Å². The van der Waals surface area contributed by atoms with Gasteiger partial charge in [0.15, 0.2) is 0 Å². The summed E-state index contributed by atoms with van der Waals surface area (Å²) in [6.45, 7) is 4.74. The predicted octanol–water partition coefficient (Wildman–Crippen LogP) is 12.5. The van der Waals surface area contributed by atoms with Crippen LogP contribution in [0, 0.1) is 0 Å². The lowest BCUT2D eigenvalue weighted by Crippen LogP contribution is -2.45. The van der Waals surface area contributed by atoms with Crippen LogP contribution in [0.15, 0.2) is 24.3 Å². The summed E-state index contributed by atoms with van der Waals surface area (Å²) in [5, 5.41) is 13.7. The number of nitrogens with one attached hydrogen (secondary N) is 1. The molecule has 320 valence electrons. The summed E-state index contributed by atoms with van der Waals surface area (Å²) in [5.74, 6) is -0.194. The summed E-state index contributed by atoms with van der Waals surface area (Å²) < 4.78 is 23.4. The summed E-state index contributed by atoms with van der Waals surface area (Å²) >= 11 is 0. The molecular formula is C45H90N2O6P+. The van der Waals surface area contributed by atoms with Crippen molar-refractivity contribution in [3.8, 4) is 0 Å². The van der Waals surface area contributed by atoms with Gasteiger partial charge in [-0.05, 0) is 19.3 Å². The van der Waals surface area contributed by atoms with Gasteiger partial charge in [-0.15, -0.1) is 0 Å². The molecule has 0 aliphatic rings. The van der Waals surface area contributed by atoms with Crippen LogP contribution in [0.1, 0.15) is 206 Å². The molecule has 0 spiro atoms. The van der Waals surface area contributed by atoms with Crippen LogP contribution in [0.3, 0.4) is 0 Å². The molecular weight excluding hydrogens is 695 g/mol. The second-order valence-electron chi connectivity index (χ2n) is 16.8. The monoisotopic (exact) mass is 786 g/mol. The Morgan fingerprint density at radius 2 is 1.04 bits per heavy atom. The topological polar surface area (TPSA) is 105 Å². The lowest BCUT2D eigenvalue weighted by molar-refractivity contribution is -0.870. The standard InChI is InChI=1S/C45H89N2O6P/c1-6-8-10-12-14-16-17-18-19-20-21-22-23-24-25-26-27-28-29-31-33-35-37-39-45(49)46-43(42-53-54(50,51)52-41-40-47(3,4)5)44(48)38-36-34-32-30-15-13-11-9-7-2/h32,34,36,38,43-44,48H,6-31,33,35,37,39-42H2,1-5H3,(H-,46,49,50,51)/p+1/b34-32+,38-36+/t43-,44+/m0/s1. The highest BCUT2D eigenvalue weighted by atomic mass is 31.2. The van der Waals surface area contributed by atoms with E-state index in [0.717, 1.165) is 32.1 Å². The van der Waals surface area contributed by atoms with Crippen LogP contribution in [0.4, 0.5) is 0 Å². The van der Waals surface area contributed by atoms with Crippen molar-refractivity contribution in [1.82, 2.24) is 5.32 Å². The van der Waals surface area contributed by atoms with E-state index in [1.54, 1.807) is 12.2 Å². The molecule has 8 nitrogen and oxygen atoms in total. The normalized spacial score (nSPS) is 14.6. The number of allylic oxidation sites excluding steroid dienone is 3. The Morgan fingerprint density at radius 3 is 1.46 bits per heavy atom. The number of carbonyl (C=O) groups is 1. The molecule has 1 amide bonds. The zero-order valence-electron chi connectivity index (χ0n) is 36.2. The third kappa shape index (κ3) is 39.2. The lowest BCUT2D eigenvalue weighted by atomic mass is 10.0. The van der Waals surface area contributed by atoms with Gasteiger partial charge in [0.1, 0.15) is 13.2 Å². The fourth-order valence-electron chi connectivity index (χ4n) is 6.57. The van der Waals surface area contributed by atoms with Gasteiger partial charge in [-0.2, -0.15) is 0 Å². The molecule has 0 saturated carbocycles. The van der Waals surface area contributed by atoms with Crippen molar-refractivity contribution in [2.24, 2.45) is 0 Å². The molecule has 0 aromatic carbocycles. The first-order valence-electron chi connectivity index (χ1n) is 22.7. The Hall–Kier alpha value is -1.02. The molecule has 0 rings (SSSR count). The minimum atomic E-state index is -4.34. The van der Waals surface area contributed by atoms with E-state index in [9.17, 15) is 19.4 Å². The molecule has 0 aliphatic carbocycles. The van der Waals surface area contributed by atoms with Gasteiger partial charge in [-0.25, -0.2) is 4.57 Å². The van der Waals surface area contributed by atoms with E-state index < -0.39 is 20.0 Å². The average molecular weight is 786 g/mol. The van der Waals surface area contributed by atoms with Crippen molar-refractivity contribution in [2.45, 2.75) is 219 Å². The number of nitrogens with zero attached hydrogens (tertiary/aromatic N) is 1. The van der Waals surface area contributed by atoms with Gasteiger partial charge in [0.25, 0.3) is 0 Å². The number of amides is 1. The van der Waals surface area contributed by atoms with Crippen LogP contribution in [0.5, 0.6) is 0 Å². The minimum Gasteiger partial charge on any atom is -0.387 e. The van der Waals surface area contributed by atoms with Crippen molar-refractivity contribution in [1.29, 1.82) is 0 Å². The van der Waals surface area contributed by atoms with E-state index in [4.69, 9.17) is 9.05 Å². The number of phosphoric acid groups is 1. The highest BCUT2D eigenvalue weighted by Gasteiger charge is 2.27. The molecule has 0 aromatic heterocycles. The van der Waals surface area contributed by atoms with Crippen LogP contribution in [-0.2, 0) is 18.4 Å². The van der Waals surface area contributed by atoms with Crippen LogP contribution >= 0.6 is 7.82 Å². The molecule has 9 heteroatoms. The molecule has 1 unspecified atom stereocenters. The van der Waals surface area contributed by atoms with Crippen molar-refractivity contribution < 1.29 is 32.9 Å². The Morgan fingerprint density at radius 1 is 0.630 bits per heavy atom. The van der Waals surface area contributed by atoms with Crippen molar-refractivity contribution in [3.63, 3.8) is 0 Å². The lowest BCUT2D eigenvalue weighted by Gasteiger charge is -2.25. The third-order valence-corrected chi connectivity index (χ3v) is 11.2. The molecule has 3 atom stereocenters. The quantitative estimate of drug-likeness (QED) is 0.0247. The van der Waals surface area contributed by atoms with Gasteiger partial charge in [-0.3, -0.25) is 13.8 Å². The number of hydrogen-bond acceptors (Lipinski definition) is 5. The number of aliphatic hydroxyl groups is 1. The minimum absolute atomic E-state index is 0.0551. The molecule has 0 radical (unpaired) electrons. The number of likely N-dealkylation sites (N-methyl/N-ethyl adjacent to an activating group) is 1. The Bertz CT molecular complexity index is 938. The van der Waals surface area contributed by atoms with Gasteiger partial charge < -0.3 is 19.8 Å². The average Bonchev–Trinajstić information content (AvgIpc) is 3.12. The first kappa shape index (κ1) is 53.0. The van der Waals surface area contributed by atoms with E-state index in [2.05, 4.69) is 25.2 Å². The van der Waals surface area contributed by atoms with Gasteiger partial charge in [0.05, 0.1) is 39.9 Å². The number of carbonyl (C=O) groups excluding carboxylic acids is 1. The second-order valence-corrected chi connectivity index (χ2v) is 18.3. The van der Waals surface area contributed by atoms with E-state index in [1.807, 2.05) is 27.2 Å². The molecule has 0 fully saturated rings. The van der Waals surface area contributed by atoms with E-state index in [1.165, 1.54) is 154 Å². The molecule has 3 N–H and O–H groups in total. The fourth-order valence-corrected chi connectivity index (χ4v) is 7.31. The van der Waals surface area contributed by atoms with Gasteiger partial charge in [0, 0.05) is 6.42 Å². The van der Waals surface area contributed by atoms with Crippen molar-refractivity contribution in [3.05, 3.63) is 24.3 Å². The maximum atomic E-state index is 12.8. The van der Waals surface area contributed by atoms with Crippen LogP contribution in [0.2, 0.25) is 0 Å². The third-order valence-electron chi connectivity index (χ3n) is 10.2. The summed E-state index contributed by atoms with van der Waals surface area (Å²) in [4.78, 5) is 23.0. The number of phosphoric ester groups is 1. The summed E-state index contributed by atoms with van der Waals surface area (Å²) in [5.41, 5.74) is 0. The number of rotatable bonds is 41. The van der Waals surface area contributed by atoms with E-state index in [0.29, 0.717) is 17.4 Å². The van der Waals surface area contributed by atoms with Gasteiger partial charge >= 0.3 is 7.82 Å². The molecule has 0 aromatic rings. The first-order chi connectivity index (χ1) is 26.0. The van der Waals surface area contributed by atoms with E-state index >= 15 is 0 Å². The zero-order chi connectivity index (χ0) is 40.0. The maximum absolute atomic E-state index is 12.8. The number of hydrogen-bond donors (Lipinski definition) is 3. The second kappa shape index (κ2) is 37.6. The summed E-state index contributed by atoms with van der Waals surface area (Å²) in [7, 11) is 1.55. The predicted molar refractivity (Wildman–Crippen MR) is 231 cm³/mol. The number of quaternary nitrogens is 1. The summed E-state index contributed by atoms with van der Waals surface area (Å²) in [6, 6.07) is -0.872. The Kier molecular flexibility index (Phi) is 36.8. The fraction of sp³-hybridized carbons (Fsp3) is 0.889. The maximum Gasteiger partial charge on any atom is 0.472 e. The largest absolute Gasteiger partial charge is 0.472 e. The SMILES string of the molecule is CCCCCCC/C=C/C=C/[C@@H](O)[C@H](COP(=O)(O)OCC[N+](C)(C)C)NC(=O)CCCCCCCCCCCCCCCCCCCCCCCCC. The molecule has 54 heavy (non-hydrogen) atoms. The Balaban J connectivity index is 4.18.